The van der Waals surface area contributed by atoms with E-state index < -0.39 is 17.6 Å². The minimum Gasteiger partial charge on any atom is -0.373 e. The summed E-state index contributed by atoms with van der Waals surface area (Å²) >= 11 is 0. The molecule has 0 aliphatic heterocycles. The molecule has 0 saturated heterocycles. The van der Waals surface area contributed by atoms with Crippen LogP contribution in [-0.2, 0) is 26.6 Å². The second-order valence-electron chi connectivity index (χ2n) is 15.0. The third-order valence-electron chi connectivity index (χ3n) is 9.54. The Morgan fingerprint density at radius 3 is 0.698 bits per heavy atom. The van der Waals surface area contributed by atoms with Gasteiger partial charge in [0.05, 0.1) is 0 Å². The van der Waals surface area contributed by atoms with Crippen molar-refractivity contribution in [1.82, 2.24) is 0 Å². The van der Waals surface area contributed by atoms with E-state index in [1.807, 2.05) is 0 Å². The zero-order chi connectivity index (χ0) is 39.4. The van der Waals surface area contributed by atoms with Crippen molar-refractivity contribution < 1.29 is 26.6 Å². The summed E-state index contributed by atoms with van der Waals surface area (Å²) in [4.78, 5) is 0. The first kappa shape index (κ1) is 55.2. The zero-order valence-electron chi connectivity index (χ0n) is 36.8. The summed E-state index contributed by atoms with van der Waals surface area (Å²) in [7, 11) is -5.10. The summed E-state index contributed by atoms with van der Waals surface area (Å²) in [5.41, 5.74) is 11.3. The van der Waals surface area contributed by atoms with Crippen LogP contribution in [0.3, 0.4) is 0 Å². The summed E-state index contributed by atoms with van der Waals surface area (Å²) in [6.07, 6.45) is 31.9. The lowest BCUT2D eigenvalue weighted by molar-refractivity contribution is 0.0541. The predicted octanol–water partition coefficient (Wildman–Crippen LogP) is 12.5. The lowest BCUT2D eigenvalue weighted by atomic mass is 10.2. The van der Waals surface area contributed by atoms with Crippen LogP contribution >= 0.6 is 0 Å². The molecule has 8 nitrogen and oxygen atoms in total. The molecule has 53 heavy (non-hydrogen) atoms. The van der Waals surface area contributed by atoms with Crippen molar-refractivity contribution in [3.63, 3.8) is 0 Å². The summed E-state index contributed by atoms with van der Waals surface area (Å²) in [6, 6.07) is 1.89. The molecule has 0 aliphatic rings. The first-order valence-electron chi connectivity index (χ1n) is 23.2. The van der Waals surface area contributed by atoms with Gasteiger partial charge >= 0.3 is 17.6 Å². The molecule has 0 fully saturated rings. The monoisotopic (exact) mass is 793 g/mol. The Morgan fingerprint density at radius 1 is 0.264 bits per heavy atom. The van der Waals surface area contributed by atoms with Gasteiger partial charge in [-0.2, -0.15) is 0 Å². The van der Waals surface area contributed by atoms with Crippen LogP contribution in [-0.4, -0.2) is 70.3 Å². The van der Waals surface area contributed by atoms with Crippen LogP contribution in [0.25, 0.3) is 0 Å². The molecule has 0 spiro atoms. The second-order valence-corrected chi connectivity index (χ2v) is 20.4. The molecule has 0 aliphatic carbocycles. The van der Waals surface area contributed by atoms with Crippen molar-refractivity contribution in [3.05, 3.63) is 0 Å². The third-order valence-corrected chi connectivity index (χ3v) is 15.3. The van der Waals surface area contributed by atoms with E-state index in [0.717, 1.165) is 142 Å². The van der Waals surface area contributed by atoms with E-state index in [-0.39, 0.29) is 0 Å². The molecule has 0 atom stereocenters. The summed E-state index contributed by atoms with van der Waals surface area (Å²) < 4.78 is 38.3. The van der Waals surface area contributed by atoms with Crippen LogP contribution in [0, 0.1) is 0 Å². The molecule has 0 heterocycles. The van der Waals surface area contributed by atoms with Crippen molar-refractivity contribution in [2.24, 2.45) is 11.5 Å². The van der Waals surface area contributed by atoms with Gasteiger partial charge in [-0.15, -0.1) is 0 Å². The van der Waals surface area contributed by atoms with E-state index in [1.165, 1.54) is 96.3 Å². The molecule has 0 rings (SSSR count). The van der Waals surface area contributed by atoms with Gasteiger partial charge in [-0.3, -0.25) is 0 Å². The Morgan fingerprint density at radius 2 is 0.472 bits per heavy atom. The fourth-order valence-electron chi connectivity index (χ4n) is 6.02. The van der Waals surface area contributed by atoms with Crippen LogP contribution in [0.2, 0.25) is 12.1 Å². The van der Waals surface area contributed by atoms with Gasteiger partial charge in [0.15, 0.2) is 0 Å². The van der Waals surface area contributed by atoms with Gasteiger partial charge in [0.1, 0.15) is 0 Å². The van der Waals surface area contributed by atoms with Crippen molar-refractivity contribution in [1.29, 1.82) is 0 Å². The number of hydrogen-bond donors (Lipinski definition) is 2. The minimum atomic E-state index is -2.57. The van der Waals surface area contributed by atoms with Crippen LogP contribution < -0.4 is 11.5 Å². The highest BCUT2D eigenvalue weighted by atomic mass is 28.4. The standard InChI is InChI=1S/C23H51NO3Si.C20H45NO3Si/c1-4-7-10-15-20-25-28(23-18-13-14-19-24,26-21-16-11-8-5-2)27-22-17-12-9-6-3;1-4-7-12-17-22-25(20-15-10-11-16-21,23-18-13-8-5-2)24-19-14-9-6-3/h4-24H2,1-3H3;4-21H2,1-3H3. The van der Waals surface area contributed by atoms with Gasteiger partial charge in [0, 0.05) is 51.7 Å². The third kappa shape index (κ3) is 37.5. The summed E-state index contributed by atoms with van der Waals surface area (Å²) in [5.74, 6) is 0. The van der Waals surface area contributed by atoms with Gasteiger partial charge in [-0.05, 0) is 77.3 Å². The number of nitrogens with two attached hydrogens (primary N) is 2. The van der Waals surface area contributed by atoms with Crippen molar-refractivity contribution >= 4 is 17.6 Å². The van der Waals surface area contributed by atoms with Crippen LogP contribution in [0.5, 0.6) is 0 Å². The fraction of sp³-hybridized carbons (Fsp3) is 1.00. The maximum atomic E-state index is 6.43. The summed E-state index contributed by atoms with van der Waals surface area (Å²) in [6.45, 7) is 19.6. The van der Waals surface area contributed by atoms with Crippen molar-refractivity contribution in [3.8, 4) is 0 Å². The maximum Gasteiger partial charge on any atom is 0.500 e. The van der Waals surface area contributed by atoms with E-state index in [0.29, 0.717) is 0 Å². The molecule has 0 saturated carbocycles. The molecule has 0 radical (unpaired) electrons. The first-order chi connectivity index (χ1) is 26.0. The second kappa shape index (κ2) is 44.8. The average Bonchev–Trinajstić information content (AvgIpc) is 3.17. The molecule has 322 valence electrons. The van der Waals surface area contributed by atoms with Crippen LogP contribution in [0.1, 0.15) is 215 Å². The Kier molecular flexibility index (Phi) is 46.7. The molecule has 0 aromatic rings. The highest BCUT2D eigenvalue weighted by Crippen LogP contribution is 2.24. The zero-order valence-corrected chi connectivity index (χ0v) is 38.8. The highest BCUT2D eigenvalue weighted by molar-refractivity contribution is 6.61. The van der Waals surface area contributed by atoms with Crippen LogP contribution in [0.15, 0.2) is 0 Å². The fourth-order valence-corrected chi connectivity index (χ4v) is 11.5. The largest absolute Gasteiger partial charge is 0.500 e. The molecule has 0 bridgehead atoms. The van der Waals surface area contributed by atoms with Crippen molar-refractivity contribution in [2.75, 3.05) is 52.7 Å². The van der Waals surface area contributed by atoms with Gasteiger partial charge < -0.3 is 38.0 Å². The molecule has 0 unspecified atom stereocenters. The molecular weight excluding hydrogens is 697 g/mol. The highest BCUT2D eigenvalue weighted by Gasteiger charge is 2.41. The average molecular weight is 793 g/mol. The molecule has 0 aromatic carbocycles. The van der Waals surface area contributed by atoms with Gasteiger partial charge in [-0.1, -0.05) is 151 Å². The first-order valence-corrected chi connectivity index (χ1v) is 27.1. The van der Waals surface area contributed by atoms with Gasteiger partial charge in [-0.25, -0.2) is 0 Å². The van der Waals surface area contributed by atoms with E-state index in [2.05, 4.69) is 41.5 Å². The Bertz CT molecular complexity index is 593. The van der Waals surface area contributed by atoms with E-state index in [1.54, 1.807) is 0 Å². The van der Waals surface area contributed by atoms with Gasteiger partial charge in [0.2, 0.25) is 0 Å². The maximum absolute atomic E-state index is 6.43. The van der Waals surface area contributed by atoms with E-state index in [9.17, 15) is 0 Å². The Hall–Kier alpha value is 0.114. The predicted molar refractivity (Wildman–Crippen MR) is 234 cm³/mol. The number of unbranched alkanes of at least 4 members (excludes halogenated alkanes) is 19. The lowest BCUT2D eigenvalue weighted by Crippen LogP contribution is -2.46. The molecular formula is C43H96N2O6Si2. The van der Waals surface area contributed by atoms with Crippen molar-refractivity contribution in [2.45, 2.75) is 227 Å². The Labute approximate surface area is 334 Å². The quantitative estimate of drug-likeness (QED) is 0.0464. The smallest absolute Gasteiger partial charge is 0.373 e. The molecule has 10 heteroatoms. The Balaban J connectivity index is 0. The van der Waals surface area contributed by atoms with E-state index in [4.69, 9.17) is 38.0 Å². The molecule has 0 amide bonds. The van der Waals surface area contributed by atoms with E-state index >= 15 is 0 Å². The molecule has 0 aromatic heterocycles. The minimum absolute atomic E-state index is 0.765. The molecule has 4 N–H and O–H groups in total. The SMILES string of the molecule is CCCCCCO[Si](CCCCCN)(OCCCCCC)OCCCCCC.CCCCCO[Si](CCCCCN)(OCCCCC)OCCCCC. The van der Waals surface area contributed by atoms with Crippen LogP contribution in [0.4, 0.5) is 0 Å². The van der Waals surface area contributed by atoms with Gasteiger partial charge in [0.25, 0.3) is 0 Å². The normalized spacial score (nSPS) is 12.0. The summed E-state index contributed by atoms with van der Waals surface area (Å²) in [5, 5.41) is 0. The lowest BCUT2D eigenvalue weighted by Gasteiger charge is -2.30. The number of rotatable bonds is 43. The topological polar surface area (TPSA) is 107 Å². The number of hydrogen-bond acceptors (Lipinski definition) is 8.